The molecule has 3 rings (SSSR count). The van der Waals surface area contributed by atoms with Gasteiger partial charge in [-0.2, -0.15) is 0 Å². The van der Waals surface area contributed by atoms with Gasteiger partial charge in [-0.05, 0) is 43.4 Å². The van der Waals surface area contributed by atoms with Crippen molar-refractivity contribution in [3.63, 3.8) is 0 Å². The van der Waals surface area contributed by atoms with E-state index in [1.807, 2.05) is 13.0 Å². The zero-order valence-corrected chi connectivity index (χ0v) is 12.0. The number of hydrogen-bond acceptors (Lipinski definition) is 3. The highest BCUT2D eigenvalue weighted by atomic mass is 32.2. The van der Waals surface area contributed by atoms with Gasteiger partial charge in [-0.25, -0.2) is 4.39 Å². The molecule has 0 radical (unpaired) electrons. The summed E-state index contributed by atoms with van der Waals surface area (Å²) in [6, 6.07) is 5.72. The third-order valence-electron chi connectivity index (χ3n) is 3.95. The van der Waals surface area contributed by atoms with Crippen LogP contribution in [0.2, 0.25) is 0 Å². The van der Waals surface area contributed by atoms with Crippen molar-refractivity contribution in [2.75, 3.05) is 11.1 Å². The minimum Gasteiger partial charge on any atom is -0.333 e. The van der Waals surface area contributed by atoms with Gasteiger partial charge in [0.05, 0.1) is 11.7 Å². The van der Waals surface area contributed by atoms with Gasteiger partial charge in [-0.1, -0.05) is 30.7 Å². The van der Waals surface area contributed by atoms with Gasteiger partial charge in [-0.3, -0.25) is 4.99 Å². The van der Waals surface area contributed by atoms with Crippen molar-refractivity contribution in [2.24, 2.45) is 10.9 Å². The number of amidine groups is 1. The summed E-state index contributed by atoms with van der Waals surface area (Å²) in [5.41, 5.74) is 1.47. The molecule has 1 N–H and O–H groups in total. The van der Waals surface area contributed by atoms with E-state index in [1.54, 1.807) is 23.9 Å². The van der Waals surface area contributed by atoms with E-state index in [0.29, 0.717) is 11.7 Å². The van der Waals surface area contributed by atoms with Crippen LogP contribution in [0.25, 0.3) is 0 Å². The summed E-state index contributed by atoms with van der Waals surface area (Å²) >= 11 is 1.73. The second-order valence-corrected chi connectivity index (χ2v) is 6.47. The predicted molar refractivity (Wildman–Crippen MR) is 80.4 cm³/mol. The molecule has 0 bridgehead atoms. The smallest absolute Gasteiger partial charge is 0.161 e. The molecule has 0 saturated heterocycles. The lowest BCUT2D eigenvalue weighted by Crippen LogP contribution is -2.31. The first-order valence-corrected chi connectivity index (χ1v) is 7.95. The lowest BCUT2D eigenvalue weighted by atomic mass is 9.86. The van der Waals surface area contributed by atoms with Crippen molar-refractivity contribution in [1.29, 1.82) is 0 Å². The summed E-state index contributed by atoms with van der Waals surface area (Å²) in [5, 5.41) is 4.03. The van der Waals surface area contributed by atoms with E-state index in [0.717, 1.165) is 22.4 Å². The molecule has 102 valence electrons. The minimum atomic E-state index is -0.200. The zero-order chi connectivity index (χ0) is 13.2. The van der Waals surface area contributed by atoms with Crippen LogP contribution in [0.3, 0.4) is 0 Å². The first-order valence-electron chi connectivity index (χ1n) is 6.96. The van der Waals surface area contributed by atoms with Gasteiger partial charge in [0.1, 0.15) is 5.82 Å². The Hall–Kier alpha value is -1.03. The molecule has 1 aromatic rings. The van der Waals surface area contributed by atoms with Crippen molar-refractivity contribution in [2.45, 2.75) is 38.6 Å². The Labute approximate surface area is 117 Å². The Balaban J connectivity index is 1.74. The molecule has 0 aromatic heterocycles. The molecule has 1 aliphatic carbocycles. The quantitative estimate of drug-likeness (QED) is 0.832. The fraction of sp³-hybridized carbons (Fsp3) is 0.533. The molecule has 0 amide bonds. The summed E-state index contributed by atoms with van der Waals surface area (Å²) in [4.78, 5) is 4.76. The molecule has 1 aromatic carbocycles. The van der Waals surface area contributed by atoms with Crippen molar-refractivity contribution in [1.82, 2.24) is 0 Å². The fourth-order valence-electron chi connectivity index (χ4n) is 2.83. The van der Waals surface area contributed by atoms with Gasteiger partial charge in [0.15, 0.2) is 5.17 Å². The number of halogens is 1. The first-order chi connectivity index (χ1) is 9.22. The minimum absolute atomic E-state index is 0.200. The molecule has 1 saturated carbocycles. The number of hydrogen-bond donors (Lipinski definition) is 1. The molecular formula is C15H19FN2S. The monoisotopic (exact) mass is 278 g/mol. The van der Waals surface area contributed by atoms with E-state index < -0.39 is 0 Å². The van der Waals surface area contributed by atoms with Crippen molar-refractivity contribution < 1.29 is 4.39 Å². The topological polar surface area (TPSA) is 24.4 Å². The fourth-order valence-corrected chi connectivity index (χ4v) is 3.98. The second-order valence-electron chi connectivity index (χ2n) is 5.47. The van der Waals surface area contributed by atoms with Crippen molar-refractivity contribution >= 4 is 22.6 Å². The number of nitrogens with one attached hydrogen (secondary N) is 1. The highest BCUT2D eigenvalue weighted by Gasteiger charge is 2.29. The summed E-state index contributed by atoms with van der Waals surface area (Å²) < 4.78 is 13.8. The van der Waals surface area contributed by atoms with Crippen LogP contribution < -0.4 is 5.32 Å². The number of thioether (sulfide) groups is 1. The van der Waals surface area contributed by atoms with Crippen LogP contribution in [0.4, 0.5) is 10.1 Å². The Kier molecular flexibility index (Phi) is 3.78. The van der Waals surface area contributed by atoms with E-state index in [2.05, 4.69) is 5.32 Å². The van der Waals surface area contributed by atoms with Gasteiger partial charge in [0.2, 0.25) is 0 Å². The first kappa shape index (κ1) is 13.0. The standard InChI is InChI=1S/C15H19FN2S/c1-10-6-7-14(12(16)8-10)18-15-17-13-5-3-2-4-11(13)9-19-15/h6-8,11,13H,2-5,9H2,1H3,(H,17,18). The van der Waals surface area contributed by atoms with Crippen LogP contribution in [0.5, 0.6) is 0 Å². The molecule has 2 unspecified atom stereocenters. The number of anilines is 1. The van der Waals surface area contributed by atoms with Crippen LogP contribution in [-0.4, -0.2) is 17.0 Å². The van der Waals surface area contributed by atoms with Crippen LogP contribution in [0.15, 0.2) is 23.2 Å². The molecule has 1 heterocycles. The Morgan fingerprint density at radius 3 is 3.00 bits per heavy atom. The highest BCUT2D eigenvalue weighted by Crippen LogP contribution is 2.34. The molecule has 2 atom stereocenters. The summed E-state index contributed by atoms with van der Waals surface area (Å²) in [5.74, 6) is 1.64. The van der Waals surface area contributed by atoms with Gasteiger partial charge < -0.3 is 5.32 Å². The van der Waals surface area contributed by atoms with Gasteiger partial charge >= 0.3 is 0 Å². The summed E-state index contributed by atoms with van der Waals surface area (Å²) in [6.45, 7) is 1.90. The normalized spacial score (nSPS) is 26.5. The Morgan fingerprint density at radius 1 is 1.32 bits per heavy atom. The van der Waals surface area contributed by atoms with E-state index in [9.17, 15) is 4.39 Å². The number of aliphatic imine (C=N–C) groups is 1. The summed E-state index contributed by atoms with van der Waals surface area (Å²) in [7, 11) is 0. The maximum Gasteiger partial charge on any atom is 0.161 e. The molecule has 1 aliphatic heterocycles. The largest absolute Gasteiger partial charge is 0.333 e. The van der Waals surface area contributed by atoms with Crippen molar-refractivity contribution in [3.05, 3.63) is 29.6 Å². The number of nitrogens with zero attached hydrogens (tertiary/aromatic N) is 1. The van der Waals surface area contributed by atoms with E-state index in [4.69, 9.17) is 4.99 Å². The lowest BCUT2D eigenvalue weighted by Gasteiger charge is -2.32. The SMILES string of the molecule is Cc1ccc(NC2=NC3CCCCC3CS2)c(F)c1. The van der Waals surface area contributed by atoms with Gasteiger partial charge in [-0.15, -0.1) is 0 Å². The number of aryl methyl sites for hydroxylation is 1. The molecule has 2 aliphatic rings. The van der Waals surface area contributed by atoms with Crippen LogP contribution in [0, 0.1) is 18.7 Å². The van der Waals surface area contributed by atoms with Crippen LogP contribution in [0.1, 0.15) is 31.2 Å². The number of fused-ring (bicyclic) bond motifs is 1. The average molecular weight is 278 g/mol. The average Bonchev–Trinajstić information content (AvgIpc) is 2.42. The highest BCUT2D eigenvalue weighted by molar-refractivity contribution is 8.14. The Bertz CT molecular complexity index is 501. The van der Waals surface area contributed by atoms with Gasteiger partial charge in [0, 0.05) is 5.75 Å². The zero-order valence-electron chi connectivity index (χ0n) is 11.2. The number of rotatable bonds is 1. The molecule has 19 heavy (non-hydrogen) atoms. The van der Waals surface area contributed by atoms with E-state index >= 15 is 0 Å². The molecule has 0 spiro atoms. The third-order valence-corrected chi connectivity index (χ3v) is 5.03. The predicted octanol–water partition coefficient (Wildman–Crippen LogP) is 4.21. The molecule has 2 nitrogen and oxygen atoms in total. The second kappa shape index (κ2) is 5.53. The molecule has 1 fully saturated rings. The molecular weight excluding hydrogens is 259 g/mol. The number of benzene rings is 1. The van der Waals surface area contributed by atoms with E-state index in [1.165, 1.54) is 25.7 Å². The Morgan fingerprint density at radius 2 is 2.16 bits per heavy atom. The maximum atomic E-state index is 13.8. The van der Waals surface area contributed by atoms with Crippen LogP contribution in [-0.2, 0) is 0 Å². The van der Waals surface area contributed by atoms with Gasteiger partial charge in [0.25, 0.3) is 0 Å². The lowest BCUT2D eigenvalue weighted by molar-refractivity contribution is 0.336. The molecule has 4 heteroatoms. The third kappa shape index (κ3) is 2.94. The van der Waals surface area contributed by atoms with Crippen LogP contribution >= 0.6 is 11.8 Å². The maximum absolute atomic E-state index is 13.8. The van der Waals surface area contributed by atoms with Crippen molar-refractivity contribution in [3.8, 4) is 0 Å². The summed E-state index contributed by atoms with van der Waals surface area (Å²) in [6.07, 6.45) is 5.11. The van der Waals surface area contributed by atoms with E-state index in [-0.39, 0.29) is 5.82 Å².